The first kappa shape index (κ1) is 15.3. The van der Waals surface area contributed by atoms with Crippen molar-refractivity contribution >= 4 is 0 Å². The highest BCUT2D eigenvalue weighted by molar-refractivity contribution is 5.35. The van der Waals surface area contributed by atoms with E-state index in [0.717, 1.165) is 12.0 Å². The van der Waals surface area contributed by atoms with Gasteiger partial charge in [-0.15, -0.1) is 0 Å². The van der Waals surface area contributed by atoms with Crippen molar-refractivity contribution < 1.29 is 14.9 Å². The van der Waals surface area contributed by atoms with Gasteiger partial charge in [-0.1, -0.05) is 50.8 Å². The molecule has 1 fully saturated rings. The second-order valence-corrected chi connectivity index (χ2v) is 5.81. The summed E-state index contributed by atoms with van der Waals surface area (Å²) in [5, 5.41) is 20.0. The van der Waals surface area contributed by atoms with Gasteiger partial charge >= 0.3 is 0 Å². The van der Waals surface area contributed by atoms with E-state index in [4.69, 9.17) is 4.74 Å². The number of aliphatic hydroxyl groups excluding tert-OH is 2. The lowest BCUT2D eigenvalue weighted by molar-refractivity contribution is 0.0826. The molecule has 0 heterocycles. The molecule has 2 unspecified atom stereocenters. The summed E-state index contributed by atoms with van der Waals surface area (Å²) in [5.74, 6) is 1.34. The monoisotopic (exact) mass is 278 g/mol. The van der Waals surface area contributed by atoms with Crippen LogP contribution in [0.5, 0.6) is 5.75 Å². The molecular formula is C17H26O3. The highest BCUT2D eigenvalue weighted by atomic mass is 16.5. The van der Waals surface area contributed by atoms with Crippen LogP contribution in [-0.2, 0) is 0 Å². The third-order valence-electron chi connectivity index (χ3n) is 4.18. The van der Waals surface area contributed by atoms with Crippen LogP contribution in [0.2, 0.25) is 0 Å². The van der Waals surface area contributed by atoms with Gasteiger partial charge in [-0.2, -0.15) is 0 Å². The molecule has 2 rings (SSSR count). The normalized spacial score (nSPS) is 18.9. The van der Waals surface area contributed by atoms with Crippen molar-refractivity contribution in [2.75, 3.05) is 6.61 Å². The summed E-state index contributed by atoms with van der Waals surface area (Å²) in [6, 6.07) is 7.53. The largest absolute Gasteiger partial charge is 0.491 e. The highest BCUT2D eigenvalue weighted by Crippen LogP contribution is 2.30. The Morgan fingerprint density at radius 2 is 1.90 bits per heavy atom. The Hall–Kier alpha value is -1.06. The summed E-state index contributed by atoms with van der Waals surface area (Å²) >= 11 is 0. The zero-order valence-electron chi connectivity index (χ0n) is 12.3. The van der Waals surface area contributed by atoms with Crippen molar-refractivity contribution in [3.05, 3.63) is 29.8 Å². The summed E-state index contributed by atoms with van der Waals surface area (Å²) in [6.07, 6.45) is 5.64. The van der Waals surface area contributed by atoms with Crippen molar-refractivity contribution in [1.82, 2.24) is 0 Å². The first-order chi connectivity index (χ1) is 9.70. The van der Waals surface area contributed by atoms with E-state index < -0.39 is 12.2 Å². The summed E-state index contributed by atoms with van der Waals surface area (Å²) < 4.78 is 5.72. The third kappa shape index (κ3) is 4.22. The number of hydrogen-bond acceptors (Lipinski definition) is 3. The van der Waals surface area contributed by atoms with Crippen LogP contribution in [0.1, 0.15) is 57.1 Å². The Morgan fingerprint density at radius 1 is 1.20 bits per heavy atom. The van der Waals surface area contributed by atoms with Crippen molar-refractivity contribution in [1.29, 1.82) is 0 Å². The molecule has 1 aromatic rings. The molecule has 3 heteroatoms. The van der Waals surface area contributed by atoms with Crippen molar-refractivity contribution in [2.45, 2.75) is 57.7 Å². The Bertz CT molecular complexity index is 399. The molecule has 1 aliphatic carbocycles. The van der Waals surface area contributed by atoms with Crippen molar-refractivity contribution in [2.24, 2.45) is 5.92 Å². The quantitative estimate of drug-likeness (QED) is 0.803. The molecule has 2 atom stereocenters. The Kier molecular flexibility index (Phi) is 5.86. The molecule has 0 spiro atoms. The van der Waals surface area contributed by atoms with Gasteiger partial charge in [0.15, 0.2) is 0 Å². The van der Waals surface area contributed by atoms with Crippen LogP contribution < -0.4 is 4.74 Å². The van der Waals surface area contributed by atoms with Gasteiger partial charge in [0.25, 0.3) is 0 Å². The predicted octanol–water partition coefficient (Wildman–Crippen LogP) is 3.45. The Labute approximate surface area is 121 Å². The van der Waals surface area contributed by atoms with Gasteiger partial charge in [0.05, 0.1) is 12.2 Å². The maximum absolute atomic E-state index is 10.1. The molecule has 0 bridgehead atoms. The Balaban J connectivity index is 1.86. The number of rotatable bonds is 7. The van der Waals surface area contributed by atoms with E-state index in [-0.39, 0.29) is 0 Å². The first-order valence-electron chi connectivity index (χ1n) is 7.78. The second-order valence-electron chi connectivity index (χ2n) is 5.81. The lowest BCUT2D eigenvalue weighted by atomic mass is 10.0. The lowest BCUT2D eigenvalue weighted by Gasteiger charge is -2.19. The van der Waals surface area contributed by atoms with Crippen LogP contribution in [-0.4, -0.2) is 22.9 Å². The standard InChI is InChI=1S/C17H26O3/c1-2-16(19)15-9-5-6-10-17(15)20-12-14(18)11-13-7-3-4-8-13/h5-6,9-10,13-14,16,18-19H,2-4,7-8,11-12H2,1H3. The number of benzene rings is 1. The molecule has 0 amide bonds. The molecule has 0 aromatic heterocycles. The number of hydrogen-bond donors (Lipinski definition) is 2. The smallest absolute Gasteiger partial charge is 0.125 e. The minimum Gasteiger partial charge on any atom is -0.491 e. The van der Waals surface area contributed by atoms with Gasteiger partial charge in [-0.3, -0.25) is 0 Å². The Morgan fingerprint density at radius 3 is 2.60 bits per heavy atom. The molecule has 1 aromatic carbocycles. The summed E-state index contributed by atoms with van der Waals surface area (Å²) in [5.41, 5.74) is 0.808. The second kappa shape index (κ2) is 7.65. The fourth-order valence-electron chi connectivity index (χ4n) is 2.99. The van der Waals surface area contributed by atoms with Gasteiger partial charge in [0.2, 0.25) is 0 Å². The lowest BCUT2D eigenvalue weighted by Crippen LogP contribution is -2.21. The van der Waals surface area contributed by atoms with Crippen LogP contribution in [0.15, 0.2) is 24.3 Å². The molecule has 2 N–H and O–H groups in total. The molecular weight excluding hydrogens is 252 g/mol. The average molecular weight is 278 g/mol. The van der Waals surface area contributed by atoms with Crippen LogP contribution >= 0.6 is 0 Å². The number of para-hydroxylation sites is 1. The zero-order valence-corrected chi connectivity index (χ0v) is 12.3. The van der Waals surface area contributed by atoms with E-state index in [2.05, 4.69) is 0 Å². The SMILES string of the molecule is CCC(O)c1ccccc1OCC(O)CC1CCCC1. The molecule has 1 aliphatic rings. The molecule has 0 radical (unpaired) electrons. The fourth-order valence-corrected chi connectivity index (χ4v) is 2.99. The van der Waals surface area contributed by atoms with Crippen molar-refractivity contribution in [3.63, 3.8) is 0 Å². The molecule has 1 saturated carbocycles. The molecule has 0 aliphatic heterocycles. The molecule has 112 valence electrons. The van der Waals surface area contributed by atoms with E-state index in [0.29, 0.717) is 24.7 Å². The first-order valence-corrected chi connectivity index (χ1v) is 7.78. The van der Waals surface area contributed by atoms with Crippen LogP contribution in [0.3, 0.4) is 0 Å². The van der Waals surface area contributed by atoms with E-state index in [1.807, 2.05) is 31.2 Å². The number of aliphatic hydroxyl groups is 2. The van der Waals surface area contributed by atoms with Crippen LogP contribution in [0.4, 0.5) is 0 Å². The average Bonchev–Trinajstić information content (AvgIpc) is 2.97. The topological polar surface area (TPSA) is 49.7 Å². The maximum atomic E-state index is 10.1. The van der Waals surface area contributed by atoms with Crippen LogP contribution in [0.25, 0.3) is 0 Å². The predicted molar refractivity (Wildman–Crippen MR) is 79.8 cm³/mol. The fraction of sp³-hybridized carbons (Fsp3) is 0.647. The van der Waals surface area contributed by atoms with Gasteiger partial charge in [-0.05, 0) is 24.8 Å². The number of ether oxygens (including phenoxy) is 1. The van der Waals surface area contributed by atoms with Gasteiger partial charge in [-0.25, -0.2) is 0 Å². The summed E-state index contributed by atoms with van der Waals surface area (Å²) in [6.45, 7) is 2.25. The van der Waals surface area contributed by atoms with Crippen molar-refractivity contribution in [3.8, 4) is 5.75 Å². The van der Waals surface area contributed by atoms with E-state index in [9.17, 15) is 10.2 Å². The minimum absolute atomic E-state index is 0.309. The van der Waals surface area contributed by atoms with Gasteiger partial charge < -0.3 is 14.9 Å². The summed E-state index contributed by atoms with van der Waals surface area (Å²) in [4.78, 5) is 0. The van der Waals surface area contributed by atoms with E-state index >= 15 is 0 Å². The van der Waals surface area contributed by atoms with E-state index in [1.165, 1.54) is 25.7 Å². The minimum atomic E-state index is -0.502. The van der Waals surface area contributed by atoms with Gasteiger partial charge in [0.1, 0.15) is 12.4 Å². The molecule has 0 saturated heterocycles. The molecule has 20 heavy (non-hydrogen) atoms. The van der Waals surface area contributed by atoms with Crippen LogP contribution in [0, 0.1) is 5.92 Å². The zero-order chi connectivity index (χ0) is 14.4. The van der Waals surface area contributed by atoms with Gasteiger partial charge in [0, 0.05) is 5.56 Å². The van der Waals surface area contributed by atoms with E-state index in [1.54, 1.807) is 0 Å². The third-order valence-corrected chi connectivity index (χ3v) is 4.18. The summed E-state index contributed by atoms with van der Waals surface area (Å²) in [7, 11) is 0. The highest BCUT2D eigenvalue weighted by Gasteiger charge is 2.19. The molecule has 3 nitrogen and oxygen atoms in total. The maximum Gasteiger partial charge on any atom is 0.125 e.